The molecule has 27 N–H and O–H groups in total. The van der Waals surface area contributed by atoms with E-state index >= 15 is 33.6 Å². The molecule has 3 saturated heterocycles. The Hall–Kier alpha value is -14.5. The second-order valence-corrected chi connectivity index (χ2v) is 42.2. The Kier molecular flexibility index (Phi) is 48.0. The van der Waals surface area contributed by atoms with Crippen molar-refractivity contribution < 1.29 is 125 Å². The van der Waals surface area contributed by atoms with Gasteiger partial charge < -0.3 is 138 Å². The molecule has 0 saturated carbocycles. The number of carbonyl (C=O) groups is 23. The molecule has 0 spiro atoms. The third kappa shape index (κ3) is 38.9. The van der Waals surface area contributed by atoms with Gasteiger partial charge in [-0.2, -0.15) is 0 Å². The van der Waals surface area contributed by atoms with E-state index in [-0.39, 0.29) is 37.9 Å². The number of benzene rings is 4. The molecule has 8 rings (SSSR count). The summed E-state index contributed by atoms with van der Waals surface area (Å²) in [6.45, 7) is 10.2. The molecule has 18 atom stereocenters. The first-order valence-electron chi connectivity index (χ1n) is 48.4. The number of H-pyrrole nitrogens is 1. The van der Waals surface area contributed by atoms with E-state index in [0.717, 1.165) is 21.6 Å². The van der Waals surface area contributed by atoms with Gasteiger partial charge in [0.2, 0.25) is 124 Å². The summed E-state index contributed by atoms with van der Waals surface area (Å²) in [5.41, 5.74) is 14.1. The molecule has 5 aromatic rings. The highest BCUT2D eigenvalue weighted by Gasteiger charge is 2.42. The number of hydrogen-bond acceptors (Lipinski definition) is 31. The predicted molar refractivity (Wildman–Crippen MR) is 551 cm³/mol. The fraction of sp³-hybridized carbons (Fsp3) is 0.495. The van der Waals surface area contributed by atoms with E-state index in [9.17, 15) is 86.9 Å². The Bertz CT molecular complexity index is 5670. The molecule has 4 heterocycles. The van der Waals surface area contributed by atoms with Gasteiger partial charge in [0.05, 0.1) is 51.7 Å². The number of amides is 21. The maximum Gasteiger partial charge on any atom is 0.336 e. The predicted octanol–water partition coefficient (Wildman–Crippen LogP) is -5.73. The number of esters is 2. The van der Waals surface area contributed by atoms with Crippen molar-refractivity contribution in [2.45, 2.75) is 223 Å². The summed E-state index contributed by atoms with van der Waals surface area (Å²) in [7, 11) is 3.01. The lowest BCUT2D eigenvalue weighted by Crippen LogP contribution is -2.62. The van der Waals surface area contributed by atoms with Gasteiger partial charge in [-0.25, -0.2) is 9.59 Å². The highest BCUT2D eigenvalue weighted by Crippen LogP contribution is 2.27. The zero-order valence-electron chi connectivity index (χ0n) is 84.1. The van der Waals surface area contributed by atoms with Crippen molar-refractivity contribution in [2.75, 3.05) is 55.8 Å². The average molecular weight is 2160 g/mol. The number of nitrogens with two attached hydrogens (primary N) is 2. The van der Waals surface area contributed by atoms with Crippen LogP contribution in [0.3, 0.4) is 0 Å². The number of para-hydroxylation sites is 1. The number of phenols is 1. The molecule has 3 aliphatic heterocycles. The molecule has 49 nitrogen and oxygen atoms in total. The summed E-state index contributed by atoms with van der Waals surface area (Å²) >= 11 is 0. The van der Waals surface area contributed by atoms with Gasteiger partial charge in [-0.3, -0.25) is 101 Å². The number of rotatable bonds is 17. The van der Waals surface area contributed by atoms with E-state index in [4.69, 9.17) is 16.2 Å². The standard InChI is InChI=1S/C97H131N23O26S4/c1-11-50(8)80-93(141)104-40-75(126)108-68(42-121)90(138)113-63(31-53-20-14-12-15-21-53)87(135)105-51(9)81(129)101-38-76(127)110-69-44-149-150-45-70(91(139)112-61(30-47(2)3)84(132)102-41-77(128)118-80)109-73(124)36-67-97(145)146-96(144)66(34-56-37-100-60-25-19-18-24-58(56)60)115-88(136)64(32-54-22-16-13-17-23-54)114-92(140)71(46-148-147-43-59(98)83(131)111-65(35-72(99)123)89(137)116-67)117-94(142)78(48(4)5)120-95(143)79(49(6)7)119-82(130)52(10)106-86(134)62(107-74(125)39-103-85(69)133)33-55-26-28-57(122)29-27-55/h12-29,37,47-52,59,61-71,78-80,100,121-122H,11,30-36,38-46,98H2,1-10H3,(H2,99,123)(H,101,129)(H,102,132)(H,103,133)(H,104,141)(H,105,135)(H,106,134)(H,107,125)(H,108,126)(H,109,124)(H,110,127)(H,111,131)(H,112,139)(H,113,138)(H,114,140)(H,115,136)(H,116,137)(H,117,142)(H,118,128)(H,119,130)(H,120,143)/t50?,51-,52-,59-,61-,62-,63-,64-,65-,66-,67-,68-,69-,70-,71-,78-,79-,80-/m0/s1. The van der Waals surface area contributed by atoms with Crippen molar-refractivity contribution in [1.82, 2.24) is 111 Å². The number of aromatic nitrogens is 1. The van der Waals surface area contributed by atoms with Crippen molar-refractivity contribution in [3.63, 3.8) is 0 Å². The smallest absolute Gasteiger partial charge is 0.336 e. The number of aromatic hydroxyl groups is 1. The summed E-state index contributed by atoms with van der Waals surface area (Å²) in [5.74, 6) is -32.0. The molecule has 4 bridgehead atoms. The minimum absolute atomic E-state index is 0.198. The molecule has 53 heteroatoms. The molecular formula is C97H131N23O26S4. The van der Waals surface area contributed by atoms with E-state index in [2.05, 4.69) is 111 Å². The Morgan fingerprint density at radius 3 is 1.33 bits per heavy atom. The van der Waals surface area contributed by atoms with Crippen molar-refractivity contribution >= 4 is 190 Å². The molecule has 1 unspecified atom stereocenters. The normalized spacial score (nSPS) is 26.0. The van der Waals surface area contributed by atoms with Crippen LogP contribution in [0.4, 0.5) is 0 Å². The van der Waals surface area contributed by atoms with Gasteiger partial charge in [0.1, 0.15) is 102 Å². The van der Waals surface area contributed by atoms with E-state index in [1.54, 1.807) is 126 Å². The Morgan fingerprint density at radius 2 is 0.787 bits per heavy atom. The first kappa shape index (κ1) is 121. The number of aliphatic hydroxyl groups is 1. The molecule has 21 amide bonds. The number of phenolic OH excluding ortho intramolecular Hbond substituents is 1. The first-order chi connectivity index (χ1) is 71.2. The van der Waals surface area contributed by atoms with Crippen molar-refractivity contribution in [3.8, 4) is 5.75 Å². The lowest BCUT2D eigenvalue weighted by atomic mass is 9.98. The SMILES string of the molecule is CCC(C)[C@@H]1NC(=O)CNC(=O)[C@H](CC(C)C)NC(=O)[C@@H]2CSSC[C@H](NC(=O)CNC(=O)[C@H](C)NC(=O)[C@H](Cc3ccccc3)NC(=O)[C@H](CO)NC(=O)CNC1=O)C(=O)NCC(=O)N[C@@H](Cc1ccc(O)cc1)C(=O)N[C@@H](C)C(=O)N[C@@H](C(C)C)C(=O)N[C@@H](C(C)C)C(=O)N[C@H]1CSSC[C@H](N)C(=O)N[C@@H](CC(N)=O)C(=O)N[C@@H](CC(=O)N2)C(=O)OC(=O)[C@H](Cc2c[nH]c3ccccc23)NC(=O)[C@H](Cc2ccccc2)NC1=O. The second kappa shape index (κ2) is 59.7. The zero-order chi connectivity index (χ0) is 110. The minimum atomic E-state index is -2.47. The Morgan fingerprint density at radius 1 is 0.373 bits per heavy atom. The van der Waals surface area contributed by atoms with Gasteiger partial charge in [-0.1, -0.05) is 196 Å². The molecule has 4 aromatic carbocycles. The summed E-state index contributed by atoms with van der Waals surface area (Å²) in [6, 6.07) is -1.60. The van der Waals surface area contributed by atoms with Gasteiger partial charge in [-0.15, -0.1) is 0 Å². The van der Waals surface area contributed by atoms with Gasteiger partial charge in [0, 0.05) is 65.8 Å². The second-order valence-electron chi connectivity index (χ2n) is 37.1. The quantitative estimate of drug-likeness (QED) is 0.0179. The number of ether oxygens (including phenoxy) is 1. The Labute approximate surface area is 879 Å². The summed E-state index contributed by atoms with van der Waals surface area (Å²) < 4.78 is 5.61. The molecule has 0 aliphatic carbocycles. The van der Waals surface area contributed by atoms with Crippen LogP contribution in [0.2, 0.25) is 0 Å². The number of fused-ring (bicyclic) bond motifs is 16. The third-order valence-corrected chi connectivity index (χ3v) is 28.7. The summed E-state index contributed by atoms with van der Waals surface area (Å²) in [6.07, 6.45) is -2.55. The van der Waals surface area contributed by atoms with E-state index < -0.39 is 337 Å². The van der Waals surface area contributed by atoms with Gasteiger partial charge in [-0.05, 0) is 84.4 Å². The van der Waals surface area contributed by atoms with Crippen LogP contribution < -0.4 is 118 Å². The molecular weight excluding hydrogens is 2030 g/mol. The molecule has 3 aliphatic rings. The minimum Gasteiger partial charge on any atom is -0.508 e. The highest BCUT2D eigenvalue weighted by molar-refractivity contribution is 8.77. The number of primary amides is 1. The van der Waals surface area contributed by atoms with E-state index in [0.29, 0.717) is 54.7 Å². The largest absolute Gasteiger partial charge is 0.508 e. The van der Waals surface area contributed by atoms with Crippen molar-refractivity contribution in [2.24, 2.45) is 35.1 Å². The molecule has 0 radical (unpaired) electrons. The van der Waals surface area contributed by atoms with Crippen LogP contribution in [0, 0.1) is 23.7 Å². The number of aliphatic hydroxyl groups excluding tert-OH is 1. The zero-order valence-corrected chi connectivity index (χ0v) is 87.4. The molecule has 814 valence electrons. The molecule has 1 aromatic heterocycles. The van der Waals surface area contributed by atoms with Crippen molar-refractivity contribution in [1.29, 1.82) is 0 Å². The van der Waals surface area contributed by atoms with E-state index in [1.807, 2.05) is 0 Å². The fourth-order valence-corrected chi connectivity index (χ4v) is 19.9. The van der Waals surface area contributed by atoms with Gasteiger partial charge >= 0.3 is 11.9 Å². The lowest BCUT2D eigenvalue weighted by Gasteiger charge is -2.29. The molecule has 3 fully saturated rings. The van der Waals surface area contributed by atoms with Crippen LogP contribution >= 0.6 is 43.2 Å². The van der Waals surface area contributed by atoms with Gasteiger partial charge in [0.15, 0.2) is 0 Å². The van der Waals surface area contributed by atoms with E-state index in [1.165, 1.54) is 58.2 Å². The topological polar surface area (TPSA) is 751 Å². The van der Waals surface area contributed by atoms with Crippen molar-refractivity contribution in [3.05, 3.63) is 138 Å². The van der Waals surface area contributed by atoms with Crippen LogP contribution in [0.25, 0.3) is 10.9 Å². The number of nitrogens with one attached hydrogen (secondary N) is 21. The highest BCUT2D eigenvalue weighted by atomic mass is 33.1. The van der Waals surface area contributed by atoms with Crippen LogP contribution in [0.15, 0.2) is 115 Å². The fourth-order valence-electron chi connectivity index (χ4n) is 15.3. The Balaban J connectivity index is 1.27. The molecule has 150 heavy (non-hydrogen) atoms. The lowest BCUT2D eigenvalue weighted by molar-refractivity contribution is -0.165. The number of aromatic amines is 1. The summed E-state index contributed by atoms with van der Waals surface area (Å²) in [4.78, 5) is 338. The number of hydrogen-bond donors (Lipinski definition) is 25. The summed E-state index contributed by atoms with van der Waals surface area (Å²) in [5, 5.41) is 70.5. The van der Waals surface area contributed by atoms with Crippen LogP contribution in [-0.4, -0.2) is 310 Å². The maximum atomic E-state index is 15.5. The first-order valence-corrected chi connectivity index (χ1v) is 53.4. The van der Waals surface area contributed by atoms with Crippen LogP contribution in [0.1, 0.15) is 117 Å². The van der Waals surface area contributed by atoms with Crippen LogP contribution in [-0.2, 0) is 141 Å². The average Bonchev–Trinajstić information content (AvgIpc) is 1.67. The maximum absolute atomic E-state index is 15.5. The van der Waals surface area contributed by atoms with Gasteiger partial charge in [0.25, 0.3) is 0 Å². The third-order valence-electron chi connectivity index (χ3n) is 23.9. The number of carbonyl (C=O) groups excluding carboxylic acids is 23. The monoisotopic (exact) mass is 2160 g/mol. The van der Waals surface area contributed by atoms with Crippen LogP contribution in [0.5, 0.6) is 5.75 Å².